The Kier molecular flexibility index (Phi) is 6.02. The number of benzene rings is 4. The van der Waals surface area contributed by atoms with E-state index in [-0.39, 0.29) is 16.3 Å². The molecule has 0 aliphatic rings. The van der Waals surface area contributed by atoms with Crippen molar-refractivity contribution in [1.29, 1.82) is 0 Å². The van der Waals surface area contributed by atoms with Crippen molar-refractivity contribution < 1.29 is 17.5 Å². The maximum atomic E-state index is 12.9. The van der Waals surface area contributed by atoms with Crippen molar-refractivity contribution >= 4 is 54.4 Å². The van der Waals surface area contributed by atoms with Gasteiger partial charge in [-0.15, -0.1) is 0 Å². The molecule has 0 aliphatic carbocycles. The number of fused-ring (bicyclic) bond motifs is 1. The zero-order valence-electron chi connectivity index (χ0n) is 16.4. The van der Waals surface area contributed by atoms with Crippen LogP contribution in [0.15, 0.2) is 99.3 Å². The van der Waals surface area contributed by atoms with Crippen molar-refractivity contribution in [2.24, 2.45) is 4.99 Å². The number of nitro groups is 1. The highest BCUT2D eigenvalue weighted by atomic mass is 79.9. The molecule has 0 radical (unpaired) electrons. The standard InChI is InChI=1S/C23H15BrN2O5S/c24-21-7-3-4-8-22(21)25-15-20-19-6-2-1-5-16(19)9-14-23(20)31-32(29,30)18-12-10-17(11-13-18)26(27)28/h1-15H. The molecule has 0 fully saturated rings. The van der Waals surface area contributed by atoms with Gasteiger partial charge in [-0.1, -0.05) is 42.5 Å². The van der Waals surface area contributed by atoms with Gasteiger partial charge >= 0.3 is 10.1 Å². The summed E-state index contributed by atoms with van der Waals surface area (Å²) in [6, 6.07) is 22.7. The first-order valence-electron chi connectivity index (χ1n) is 9.34. The third-order valence-electron chi connectivity index (χ3n) is 4.65. The third kappa shape index (κ3) is 4.53. The summed E-state index contributed by atoms with van der Waals surface area (Å²) < 4.78 is 31.9. The second-order valence-corrected chi connectivity index (χ2v) is 9.10. The number of nitro benzene ring substituents is 1. The molecule has 0 saturated heterocycles. The monoisotopic (exact) mass is 510 g/mol. The minimum atomic E-state index is -4.23. The molecule has 160 valence electrons. The Labute approximate surface area is 192 Å². The second-order valence-electron chi connectivity index (χ2n) is 6.70. The summed E-state index contributed by atoms with van der Waals surface area (Å²) in [5.74, 6) is 0.0952. The zero-order valence-corrected chi connectivity index (χ0v) is 18.8. The number of nitrogens with zero attached hydrogens (tertiary/aromatic N) is 2. The maximum absolute atomic E-state index is 12.9. The van der Waals surface area contributed by atoms with E-state index >= 15 is 0 Å². The van der Waals surface area contributed by atoms with Crippen LogP contribution in [0.3, 0.4) is 0 Å². The zero-order chi connectivity index (χ0) is 22.7. The number of para-hydroxylation sites is 1. The minimum Gasteiger partial charge on any atom is -0.378 e. The Morgan fingerprint density at radius 3 is 2.31 bits per heavy atom. The lowest BCUT2D eigenvalue weighted by molar-refractivity contribution is -0.384. The molecule has 0 atom stereocenters. The summed E-state index contributed by atoms with van der Waals surface area (Å²) in [7, 11) is -4.23. The fraction of sp³-hybridized carbons (Fsp3) is 0. The van der Waals surface area contributed by atoms with Crippen LogP contribution >= 0.6 is 15.9 Å². The van der Waals surface area contributed by atoms with Gasteiger partial charge < -0.3 is 4.18 Å². The van der Waals surface area contributed by atoms with Crippen LogP contribution in [0.2, 0.25) is 0 Å². The molecule has 0 unspecified atom stereocenters. The molecule has 4 aromatic carbocycles. The molecule has 0 bridgehead atoms. The van der Waals surface area contributed by atoms with Crippen molar-refractivity contribution in [3.8, 4) is 5.75 Å². The smallest absolute Gasteiger partial charge is 0.339 e. The van der Waals surface area contributed by atoms with Gasteiger partial charge in [0.2, 0.25) is 0 Å². The highest BCUT2D eigenvalue weighted by molar-refractivity contribution is 9.10. The van der Waals surface area contributed by atoms with Crippen LogP contribution in [0.5, 0.6) is 5.75 Å². The fourth-order valence-corrected chi connectivity index (χ4v) is 4.41. The minimum absolute atomic E-state index is 0.0952. The summed E-state index contributed by atoms with van der Waals surface area (Å²) in [6.07, 6.45) is 1.56. The molecule has 0 aliphatic heterocycles. The Hall–Kier alpha value is -3.56. The number of hydrogen-bond acceptors (Lipinski definition) is 6. The van der Waals surface area contributed by atoms with Gasteiger partial charge in [0.05, 0.1) is 10.6 Å². The summed E-state index contributed by atoms with van der Waals surface area (Å²) in [5.41, 5.74) is 0.949. The number of aliphatic imine (C=N–C) groups is 1. The average Bonchev–Trinajstić information content (AvgIpc) is 2.79. The van der Waals surface area contributed by atoms with Crippen LogP contribution < -0.4 is 4.18 Å². The van der Waals surface area contributed by atoms with Gasteiger partial charge in [0.25, 0.3) is 5.69 Å². The molecule has 0 saturated carbocycles. The van der Waals surface area contributed by atoms with Gasteiger partial charge in [0, 0.05) is 28.4 Å². The largest absolute Gasteiger partial charge is 0.378 e. The molecule has 0 N–H and O–H groups in total. The predicted molar refractivity (Wildman–Crippen MR) is 126 cm³/mol. The molecule has 32 heavy (non-hydrogen) atoms. The first kappa shape index (κ1) is 21.7. The van der Waals surface area contributed by atoms with Crippen LogP contribution in [0.4, 0.5) is 11.4 Å². The van der Waals surface area contributed by atoms with Gasteiger partial charge in [0.1, 0.15) is 4.90 Å². The number of rotatable bonds is 6. The Bertz CT molecular complexity index is 1450. The topological polar surface area (TPSA) is 98.9 Å². The summed E-state index contributed by atoms with van der Waals surface area (Å²) in [5, 5.41) is 12.5. The third-order valence-corrected chi connectivity index (χ3v) is 6.57. The van der Waals surface area contributed by atoms with E-state index in [9.17, 15) is 18.5 Å². The second kappa shape index (κ2) is 8.89. The molecule has 0 amide bonds. The van der Waals surface area contributed by atoms with E-state index in [1.807, 2.05) is 48.5 Å². The number of hydrogen-bond donors (Lipinski definition) is 0. The van der Waals surface area contributed by atoms with Gasteiger partial charge in [-0.3, -0.25) is 15.1 Å². The SMILES string of the molecule is O=[N+]([O-])c1ccc(S(=O)(=O)Oc2ccc3ccccc3c2C=Nc2ccccc2Br)cc1. The van der Waals surface area contributed by atoms with Gasteiger partial charge in [-0.2, -0.15) is 8.42 Å². The van der Waals surface area contributed by atoms with E-state index < -0.39 is 15.0 Å². The van der Waals surface area contributed by atoms with Crippen molar-refractivity contribution in [1.82, 2.24) is 0 Å². The molecule has 4 rings (SSSR count). The normalized spacial score (nSPS) is 11.7. The van der Waals surface area contributed by atoms with Crippen LogP contribution in [-0.2, 0) is 10.1 Å². The van der Waals surface area contributed by atoms with Crippen LogP contribution in [0, 0.1) is 10.1 Å². The Morgan fingerprint density at radius 1 is 0.906 bits per heavy atom. The summed E-state index contributed by atoms with van der Waals surface area (Å²) in [4.78, 5) is 14.6. The van der Waals surface area contributed by atoms with E-state index in [2.05, 4.69) is 20.9 Å². The Morgan fingerprint density at radius 2 is 1.59 bits per heavy atom. The molecular weight excluding hydrogens is 496 g/mol. The van der Waals surface area contributed by atoms with E-state index in [4.69, 9.17) is 4.18 Å². The highest BCUT2D eigenvalue weighted by Crippen LogP contribution is 2.31. The van der Waals surface area contributed by atoms with Gasteiger partial charge in [0.15, 0.2) is 5.75 Å². The van der Waals surface area contributed by atoms with Crippen LogP contribution in [-0.4, -0.2) is 19.6 Å². The lowest BCUT2D eigenvalue weighted by Crippen LogP contribution is -2.11. The molecule has 0 spiro atoms. The van der Waals surface area contributed by atoms with Crippen molar-refractivity contribution in [3.05, 3.63) is 105 Å². The first-order valence-corrected chi connectivity index (χ1v) is 11.5. The van der Waals surface area contributed by atoms with Gasteiger partial charge in [-0.05, 0) is 57.0 Å². The van der Waals surface area contributed by atoms with Crippen LogP contribution in [0.1, 0.15) is 5.56 Å². The number of halogens is 1. The fourth-order valence-electron chi connectivity index (χ4n) is 3.07. The van der Waals surface area contributed by atoms with E-state index in [0.29, 0.717) is 11.3 Å². The highest BCUT2D eigenvalue weighted by Gasteiger charge is 2.20. The molecule has 4 aromatic rings. The quantitative estimate of drug-likeness (QED) is 0.136. The van der Waals surface area contributed by atoms with Crippen molar-refractivity contribution in [2.45, 2.75) is 4.90 Å². The van der Waals surface area contributed by atoms with E-state index in [0.717, 1.165) is 39.5 Å². The lowest BCUT2D eigenvalue weighted by atomic mass is 10.0. The molecular formula is C23H15BrN2O5S. The van der Waals surface area contributed by atoms with Crippen LogP contribution in [0.25, 0.3) is 10.8 Å². The van der Waals surface area contributed by atoms with E-state index in [1.54, 1.807) is 18.3 Å². The Balaban J connectivity index is 1.77. The van der Waals surface area contributed by atoms with E-state index in [1.165, 1.54) is 0 Å². The molecule has 0 heterocycles. The number of non-ortho nitro benzene ring substituents is 1. The molecule has 0 aromatic heterocycles. The summed E-state index contributed by atoms with van der Waals surface area (Å²) in [6.45, 7) is 0. The molecule has 7 nitrogen and oxygen atoms in total. The average molecular weight is 511 g/mol. The van der Waals surface area contributed by atoms with Gasteiger partial charge in [-0.25, -0.2) is 0 Å². The van der Waals surface area contributed by atoms with Crippen molar-refractivity contribution in [3.63, 3.8) is 0 Å². The maximum Gasteiger partial charge on any atom is 0.339 e. The van der Waals surface area contributed by atoms with Crippen molar-refractivity contribution in [2.75, 3.05) is 0 Å². The summed E-state index contributed by atoms with van der Waals surface area (Å²) >= 11 is 3.44. The predicted octanol–water partition coefficient (Wildman–Crippen LogP) is 6.03. The molecule has 9 heteroatoms. The first-order chi connectivity index (χ1) is 15.3. The lowest BCUT2D eigenvalue weighted by Gasteiger charge is -2.12.